The molecule has 0 saturated heterocycles. The number of H-pyrrole nitrogens is 1. The van der Waals surface area contributed by atoms with Gasteiger partial charge < -0.3 is 0 Å². The molecule has 1 aromatic carbocycles. The highest BCUT2D eigenvalue weighted by Crippen LogP contribution is 2.44. The van der Waals surface area contributed by atoms with Crippen molar-refractivity contribution < 1.29 is 4.79 Å². The van der Waals surface area contributed by atoms with Gasteiger partial charge in [-0.3, -0.25) is 9.69 Å². The summed E-state index contributed by atoms with van der Waals surface area (Å²) in [5.41, 5.74) is 0.856. The normalized spacial score (nSPS) is 16.8. The Morgan fingerprint density at radius 1 is 1.29 bits per heavy atom. The first-order chi connectivity index (χ1) is 10.3. The first-order valence-corrected chi connectivity index (χ1v) is 8.29. The number of nitrogens with one attached hydrogen (secondary N) is 1. The van der Waals surface area contributed by atoms with Gasteiger partial charge in [-0.2, -0.15) is 4.98 Å². The van der Waals surface area contributed by atoms with E-state index in [0.717, 1.165) is 37.7 Å². The minimum absolute atomic E-state index is 0.307. The topological polar surface area (TPSA) is 61.9 Å². The maximum atomic E-state index is 11.8. The van der Waals surface area contributed by atoms with E-state index >= 15 is 0 Å². The Labute approximate surface area is 128 Å². The molecule has 1 fully saturated rings. The van der Waals surface area contributed by atoms with E-state index in [1.54, 1.807) is 4.90 Å². The molecule has 0 bridgehead atoms. The van der Waals surface area contributed by atoms with E-state index in [0.29, 0.717) is 11.1 Å². The molecule has 0 spiro atoms. The van der Waals surface area contributed by atoms with Crippen molar-refractivity contribution in [2.75, 3.05) is 11.2 Å². The van der Waals surface area contributed by atoms with E-state index in [9.17, 15) is 4.79 Å². The minimum atomic E-state index is -0.307. The molecule has 1 saturated carbocycles. The summed E-state index contributed by atoms with van der Waals surface area (Å²) in [7, 11) is 0. The van der Waals surface area contributed by atoms with Crippen molar-refractivity contribution in [3.8, 4) is 0 Å². The fraction of sp³-hybridized carbons (Fsp3) is 0.400. The van der Waals surface area contributed by atoms with Crippen LogP contribution in [0.4, 0.5) is 5.95 Å². The Balaban J connectivity index is 2.04. The summed E-state index contributed by atoms with van der Waals surface area (Å²) in [5, 5.41) is 7.67. The summed E-state index contributed by atoms with van der Waals surface area (Å²) >= 11 is 1.46. The molecular formula is C15H18N4OS. The largest absolute Gasteiger partial charge is 0.278 e. The fourth-order valence-electron chi connectivity index (χ4n) is 3.17. The molecule has 2 aromatic rings. The van der Waals surface area contributed by atoms with Crippen LogP contribution >= 0.6 is 11.8 Å². The van der Waals surface area contributed by atoms with Crippen LogP contribution in [0, 0.1) is 0 Å². The van der Waals surface area contributed by atoms with Gasteiger partial charge in [0.2, 0.25) is 17.5 Å². The quantitative estimate of drug-likeness (QED) is 0.681. The van der Waals surface area contributed by atoms with Crippen LogP contribution in [0.1, 0.15) is 31.2 Å². The third-order valence-electron chi connectivity index (χ3n) is 4.17. The van der Waals surface area contributed by atoms with Crippen LogP contribution in [-0.2, 0) is 10.3 Å². The molecule has 0 atom stereocenters. The minimum Gasteiger partial charge on any atom is -0.278 e. The van der Waals surface area contributed by atoms with Crippen molar-refractivity contribution in [3.63, 3.8) is 0 Å². The second-order valence-corrected chi connectivity index (χ2v) is 6.00. The number of rotatable bonds is 5. The summed E-state index contributed by atoms with van der Waals surface area (Å²) in [6.07, 6.45) is 6.92. The maximum absolute atomic E-state index is 11.8. The van der Waals surface area contributed by atoms with Crippen LogP contribution < -0.4 is 4.90 Å². The van der Waals surface area contributed by atoms with E-state index in [2.05, 4.69) is 27.3 Å². The molecule has 3 rings (SSSR count). The summed E-state index contributed by atoms with van der Waals surface area (Å²) < 4.78 is 0. The molecule has 0 aliphatic heterocycles. The molecule has 0 radical (unpaired) electrons. The van der Waals surface area contributed by atoms with E-state index < -0.39 is 0 Å². The summed E-state index contributed by atoms with van der Waals surface area (Å²) in [4.78, 5) is 17.9. The Hall–Kier alpha value is -1.82. The van der Waals surface area contributed by atoms with Crippen LogP contribution in [0.15, 0.2) is 35.5 Å². The lowest BCUT2D eigenvalue weighted by Crippen LogP contribution is -2.44. The molecule has 5 nitrogen and oxygen atoms in total. The number of carbonyl (C=O) groups is 1. The van der Waals surface area contributed by atoms with Crippen LogP contribution in [0.25, 0.3) is 0 Å². The lowest BCUT2D eigenvalue weighted by Gasteiger charge is -2.37. The van der Waals surface area contributed by atoms with Crippen molar-refractivity contribution >= 4 is 24.1 Å². The van der Waals surface area contributed by atoms with Crippen molar-refractivity contribution in [1.29, 1.82) is 0 Å². The van der Waals surface area contributed by atoms with Gasteiger partial charge in [-0.15, -0.1) is 5.10 Å². The number of aromatic amines is 1. The van der Waals surface area contributed by atoms with Gasteiger partial charge in [0, 0.05) is 0 Å². The zero-order chi connectivity index (χ0) is 14.7. The summed E-state index contributed by atoms with van der Waals surface area (Å²) in [5.74, 6) is 0.528. The number of benzene rings is 1. The van der Waals surface area contributed by atoms with Crippen LogP contribution in [0.5, 0.6) is 0 Å². The van der Waals surface area contributed by atoms with Gasteiger partial charge in [-0.25, -0.2) is 5.10 Å². The predicted molar refractivity (Wildman–Crippen MR) is 83.3 cm³/mol. The molecule has 1 amide bonds. The third-order valence-corrected chi connectivity index (χ3v) is 4.72. The highest BCUT2D eigenvalue weighted by molar-refractivity contribution is 7.98. The lowest BCUT2D eigenvalue weighted by atomic mass is 9.87. The molecule has 1 aromatic heterocycles. The van der Waals surface area contributed by atoms with Crippen LogP contribution in [-0.4, -0.2) is 27.8 Å². The van der Waals surface area contributed by atoms with Crippen LogP contribution in [0.2, 0.25) is 0 Å². The lowest BCUT2D eigenvalue weighted by molar-refractivity contribution is -0.108. The molecule has 21 heavy (non-hydrogen) atoms. The second-order valence-electron chi connectivity index (χ2n) is 5.23. The number of carbonyl (C=O) groups excluding carboxylic acids is 1. The van der Waals surface area contributed by atoms with Gasteiger partial charge in [0.05, 0.1) is 5.54 Å². The van der Waals surface area contributed by atoms with Crippen molar-refractivity contribution in [3.05, 3.63) is 35.9 Å². The molecule has 110 valence electrons. The molecule has 6 heteroatoms. The molecule has 1 aliphatic rings. The molecule has 1 heterocycles. The van der Waals surface area contributed by atoms with Gasteiger partial charge in [0.1, 0.15) is 0 Å². The monoisotopic (exact) mass is 302 g/mol. The number of amides is 1. The average Bonchev–Trinajstić information content (AvgIpc) is 3.19. The fourth-order valence-corrected chi connectivity index (χ4v) is 3.48. The van der Waals surface area contributed by atoms with E-state index in [-0.39, 0.29) is 5.54 Å². The summed E-state index contributed by atoms with van der Waals surface area (Å²) in [6.45, 7) is 0. The van der Waals surface area contributed by atoms with Gasteiger partial charge in [-0.1, -0.05) is 54.9 Å². The summed E-state index contributed by atoms with van der Waals surface area (Å²) in [6, 6.07) is 10.2. The standard InChI is InChI=1S/C15H18N4OS/c1-21-14-16-13(17-18-14)19(11-20)15(9-5-6-10-15)12-7-3-2-4-8-12/h2-4,7-8,11H,5-6,9-10H2,1H3,(H,16,17,18). The predicted octanol–water partition coefficient (Wildman–Crippen LogP) is 2.96. The Morgan fingerprint density at radius 3 is 2.57 bits per heavy atom. The first-order valence-electron chi connectivity index (χ1n) is 7.07. The van der Waals surface area contributed by atoms with E-state index in [1.165, 1.54) is 11.8 Å². The molecule has 0 unspecified atom stereocenters. The van der Waals surface area contributed by atoms with Crippen molar-refractivity contribution in [1.82, 2.24) is 15.2 Å². The Morgan fingerprint density at radius 2 is 2.00 bits per heavy atom. The van der Waals surface area contributed by atoms with E-state index in [4.69, 9.17) is 0 Å². The highest BCUT2D eigenvalue weighted by atomic mass is 32.2. The number of thioether (sulfide) groups is 1. The van der Waals surface area contributed by atoms with Crippen molar-refractivity contribution in [2.45, 2.75) is 36.4 Å². The number of hydrogen-bond acceptors (Lipinski definition) is 4. The Kier molecular flexibility index (Phi) is 3.96. The van der Waals surface area contributed by atoms with Crippen LogP contribution in [0.3, 0.4) is 0 Å². The van der Waals surface area contributed by atoms with Gasteiger partial charge in [0.15, 0.2) is 0 Å². The SMILES string of the molecule is CSc1n[nH]c(N(C=O)C2(c3ccccc3)CCCC2)n1. The first kappa shape index (κ1) is 14.1. The molecular weight excluding hydrogens is 284 g/mol. The van der Waals surface area contributed by atoms with Gasteiger partial charge in [0.25, 0.3) is 0 Å². The Bertz CT molecular complexity index is 607. The number of hydrogen-bond donors (Lipinski definition) is 1. The van der Waals surface area contributed by atoms with Gasteiger partial charge >= 0.3 is 0 Å². The van der Waals surface area contributed by atoms with Gasteiger partial charge in [-0.05, 0) is 24.7 Å². The smallest absolute Gasteiger partial charge is 0.229 e. The second kappa shape index (κ2) is 5.89. The van der Waals surface area contributed by atoms with Crippen molar-refractivity contribution in [2.24, 2.45) is 0 Å². The number of nitrogens with zero attached hydrogens (tertiary/aromatic N) is 3. The zero-order valence-electron chi connectivity index (χ0n) is 12.0. The number of anilines is 1. The maximum Gasteiger partial charge on any atom is 0.229 e. The zero-order valence-corrected chi connectivity index (χ0v) is 12.8. The third kappa shape index (κ3) is 2.44. The molecule has 1 aliphatic carbocycles. The average molecular weight is 302 g/mol. The molecule has 1 N–H and O–H groups in total. The highest BCUT2D eigenvalue weighted by Gasteiger charge is 2.42. The number of aromatic nitrogens is 3. The van der Waals surface area contributed by atoms with E-state index in [1.807, 2.05) is 24.5 Å².